The topological polar surface area (TPSA) is 45.7 Å². The molecule has 31 heavy (non-hydrogen) atoms. The summed E-state index contributed by atoms with van der Waals surface area (Å²) >= 11 is 7.40. The van der Waals surface area contributed by atoms with Gasteiger partial charge >= 0.3 is 0 Å². The minimum atomic E-state index is -0.108. The summed E-state index contributed by atoms with van der Waals surface area (Å²) in [6.45, 7) is 7.79. The van der Waals surface area contributed by atoms with E-state index in [2.05, 4.69) is 18.7 Å². The number of ether oxygens (including phenoxy) is 1. The number of carbonyl (C=O) groups excluding carboxylic acids is 1. The molecule has 0 saturated carbocycles. The highest BCUT2D eigenvalue weighted by molar-refractivity contribution is 7.14. The summed E-state index contributed by atoms with van der Waals surface area (Å²) in [6.07, 6.45) is 0.870. The van der Waals surface area contributed by atoms with E-state index in [-0.39, 0.29) is 12.5 Å². The van der Waals surface area contributed by atoms with Crippen LogP contribution in [0.25, 0.3) is 11.3 Å². The number of thiazole rings is 1. The van der Waals surface area contributed by atoms with Gasteiger partial charge in [-0.2, -0.15) is 0 Å². The molecular formula is C24H28ClN3O2S. The molecule has 1 amide bonds. The van der Waals surface area contributed by atoms with E-state index in [1.54, 1.807) is 29.2 Å². The molecular weight excluding hydrogens is 430 g/mol. The fourth-order valence-electron chi connectivity index (χ4n) is 3.20. The summed E-state index contributed by atoms with van der Waals surface area (Å²) in [6, 6.07) is 17.0. The van der Waals surface area contributed by atoms with Crippen molar-refractivity contribution in [3.8, 4) is 17.0 Å². The van der Waals surface area contributed by atoms with Gasteiger partial charge in [0.25, 0.3) is 5.91 Å². The van der Waals surface area contributed by atoms with E-state index in [4.69, 9.17) is 21.3 Å². The lowest BCUT2D eigenvalue weighted by atomic mass is 10.2. The average molecular weight is 458 g/mol. The molecule has 0 radical (unpaired) electrons. The summed E-state index contributed by atoms with van der Waals surface area (Å²) in [5.41, 5.74) is 1.92. The second-order valence-electron chi connectivity index (χ2n) is 7.05. The third kappa shape index (κ3) is 6.79. The molecule has 0 fully saturated rings. The third-order valence-electron chi connectivity index (χ3n) is 5.02. The molecule has 1 aromatic heterocycles. The molecule has 2 aromatic carbocycles. The van der Waals surface area contributed by atoms with E-state index in [1.165, 1.54) is 11.3 Å². The first-order valence-corrected chi connectivity index (χ1v) is 11.8. The Balaban J connectivity index is 1.71. The Morgan fingerprint density at radius 2 is 1.74 bits per heavy atom. The van der Waals surface area contributed by atoms with E-state index in [0.717, 1.165) is 37.3 Å². The molecule has 0 bridgehead atoms. The first-order chi connectivity index (χ1) is 15.1. The van der Waals surface area contributed by atoms with Crippen molar-refractivity contribution in [2.24, 2.45) is 0 Å². The van der Waals surface area contributed by atoms with Crippen LogP contribution in [-0.2, 0) is 4.79 Å². The molecule has 164 valence electrons. The van der Waals surface area contributed by atoms with E-state index >= 15 is 0 Å². The normalized spacial score (nSPS) is 11.0. The lowest BCUT2D eigenvalue weighted by Crippen LogP contribution is -2.37. The predicted octanol–water partition coefficient (Wildman–Crippen LogP) is 5.61. The molecule has 0 aliphatic heterocycles. The van der Waals surface area contributed by atoms with Gasteiger partial charge in [0, 0.05) is 22.5 Å². The quantitative estimate of drug-likeness (QED) is 0.375. The van der Waals surface area contributed by atoms with Crippen molar-refractivity contribution in [2.75, 3.05) is 37.7 Å². The maximum Gasteiger partial charge on any atom is 0.266 e. The molecule has 0 spiro atoms. The monoisotopic (exact) mass is 457 g/mol. The number of anilines is 1. The Morgan fingerprint density at radius 3 is 2.42 bits per heavy atom. The minimum Gasteiger partial charge on any atom is -0.484 e. The Bertz CT molecular complexity index is 943. The maximum atomic E-state index is 13.1. The van der Waals surface area contributed by atoms with Crippen molar-refractivity contribution in [1.29, 1.82) is 0 Å². The van der Waals surface area contributed by atoms with Gasteiger partial charge in [-0.1, -0.05) is 55.8 Å². The van der Waals surface area contributed by atoms with Crippen molar-refractivity contribution < 1.29 is 9.53 Å². The first kappa shape index (κ1) is 23.3. The van der Waals surface area contributed by atoms with Gasteiger partial charge in [0.05, 0.1) is 5.69 Å². The Labute approximate surface area is 193 Å². The lowest BCUT2D eigenvalue weighted by molar-refractivity contribution is -0.120. The Hall–Kier alpha value is -2.41. The standard InChI is InChI=1S/C24H28ClN3O2S/c1-3-27(4-2)15-8-16-28(23(29)17-30-21-13-11-20(25)12-14-21)24-26-22(18-31-24)19-9-6-5-7-10-19/h5-7,9-14,18H,3-4,8,15-17H2,1-2H3. The smallest absolute Gasteiger partial charge is 0.266 e. The zero-order valence-corrected chi connectivity index (χ0v) is 19.5. The Morgan fingerprint density at radius 1 is 1.03 bits per heavy atom. The van der Waals surface area contributed by atoms with Gasteiger partial charge in [-0.05, 0) is 50.3 Å². The SMILES string of the molecule is CCN(CC)CCCN(C(=O)COc1ccc(Cl)cc1)c1nc(-c2ccccc2)cs1. The lowest BCUT2D eigenvalue weighted by Gasteiger charge is -2.23. The van der Waals surface area contributed by atoms with Crippen molar-refractivity contribution in [2.45, 2.75) is 20.3 Å². The number of rotatable bonds is 11. The molecule has 0 aliphatic carbocycles. The van der Waals surface area contributed by atoms with Crippen LogP contribution in [-0.4, -0.2) is 48.6 Å². The number of halogens is 1. The van der Waals surface area contributed by atoms with Gasteiger partial charge in [-0.25, -0.2) is 4.98 Å². The van der Waals surface area contributed by atoms with Gasteiger partial charge in [0.1, 0.15) is 5.75 Å². The van der Waals surface area contributed by atoms with Crippen LogP contribution < -0.4 is 9.64 Å². The van der Waals surface area contributed by atoms with E-state index in [9.17, 15) is 4.79 Å². The molecule has 0 atom stereocenters. The zero-order valence-electron chi connectivity index (χ0n) is 18.0. The van der Waals surface area contributed by atoms with Crippen LogP contribution in [0, 0.1) is 0 Å². The zero-order chi connectivity index (χ0) is 22.1. The number of hydrogen-bond donors (Lipinski definition) is 0. The summed E-state index contributed by atoms with van der Waals surface area (Å²) in [5.74, 6) is 0.508. The molecule has 0 aliphatic rings. The largest absolute Gasteiger partial charge is 0.484 e. The van der Waals surface area contributed by atoms with Gasteiger partial charge in [0.15, 0.2) is 11.7 Å². The van der Waals surface area contributed by atoms with Crippen LogP contribution in [0.5, 0.6) is 5.75 Å². The number of aromatic nitrogens is 1. The molecule has 5 nitrogen and oxygen atoms in total. The predicted molar refractivity (Wildman–Crippen MR) is 129 cm³/mol. The molecule has 7 heteroatoms. The van der Waals surface area contributed by atoms with E-state index in [1.807, 2.05) is 35.7 Å². The van der Waals surface area contributed by atoms with Crippen molar-refractivity contribution in [3.63, 3.8) is 0 Å². The fourth-order valence-corrected chi connectivity index (χ4v) is 4.21. The van der Waals surface area contributed by atoms with Gasteiger partial charge < -0.3 is 9.64 Å². The highest BCUT2D eigenvalue weighted by atomic mass is 35.5. The van der Waals surface area contributed by atoms with Crippen LogP contribution in [0.2, 0.25) is 5.02 Å². The highest BCUT2D eigenvalue weighted by Gasteiger charge is 2.20. The molecule has 1 heterocycles. The molecule has 0 saturated heterocycles. The van der Waals surface area contributed by atoms with Crippen LogP contribution in [0.4, 0.5) is 5.13 Å². The molecule has 0 N–H and O–H groups in total. The van der Waals surface area contributed by atoms with Crippen LogP contribution in [0.1, 0.15) is 20.3 Å². The Kier molecular flexibility index (Phi) is 8.88. The van der Waals surface area contributed by atoms with Crippen molar-refractivity contribution >= 4 is 34.0 Å². The maximum absolute atomic E-state index is 13.1. The number of nitrogens with zero attached hydrogens (tertiary/aromatic N) is 3. The summed E-state index contributed by atoms with van der Waals surface area (Å²) in [7, 11) is 0. The van der Waals surface area contributed by atoms with Gasteiger partial charge in [0.2, 0.25) is 0 Å². The molecule has 3 aromatic rings. The summed E-state index contributed by atoms with van der Waals surface area (Å²) in [5, 5.41) is 3.33. The van der Waals surface area contributed by atoms with Gasteiger partial charge in [-0.3, -0.25) is 9.69 Å². The fraction of sp³-hybridized carbons (Fsp3) is 0.333. The van der Waals surface area contributed by atoms with Crippen molar-refractivity contribution in [1.82, 2.24) is 9.88 Å². The summed E-state index contributed by atoms with van der Waals surface area (Å²) in [4.78, 5) is 21.9. The highest BCUT2D eigenvalue weighted by Crippen LogP contribution is 2.28. The number of carbonyl (C=O) groups is 1. The number of benzene rings is 2. The number of hydrogen-bond acceptors (Lipinski definition) is 5. The second kappa shape index (κ2) is 11.8. The number of amides is 1. The van der Waals surface area contributed by atoms with Crippen molar-refractivity contribution in [3.05, 3.63) is 65.0 Å². The molecule has 3 rings (SSSR count). The third-order valence-corrected chi connectivity index (χ3v) is 6.14. The average Bonchev–Trinajstić information content (AvgIpc) is 3.29. The summed E-state index contributed by atoms with van der Waals surface area (Å²) < 4.78 is 5.70. The first-order valence-electron chi connectivity index (χ1n) is 10.5. The van der Waals surface area contributed by atoms with Gasteiger partial charge in [-0.15, -0.1) is 11.3 Å². The molecule has 0 unspecified atom stereocenters. The van der Waals surface area contributed by atoms with Crippen LogP contribution >= 0.6 is 22.9 Å². The van der Waals surface area contributed by atoms with E-state index in [0.29, 0.717) is 22.4 Å². The second-order valence-corrected chi connectivity index (χ2v) is 8.32. The van der Waals surface area contributed by atoms with E-state index < -0.39 is 0 Å². The minimum absolute atomic E-state index is 0.0485. The van der Waals surface area contributed by atoms with Crippen LogP contribution in [0.3, 0.4) is 0 Å². The van der Waals surface area contributed by atoms with Crippen LogP contribution in [0.15, 0.2) is 60.0 Å².